The van der Waals surface area contributed by atoms with Crippen molar-refractivity contribution in [1.82, 2.24) is 4.68 Å². The molecule has 112 valence electrons. The Balaban J connectivity index is 1.97. The molecule has 2 amide bonds. The summed E-state index contributed by atoms with van der Waals surface area (Å²) in [4.78, 5) is 37.1. The molecule has 2 heterocycles. The van der Waals surface area contributed by atoms with Crippen molar-refractivity contribution in [3.05, 3.63) is 59.4 Å². The SMILES string of the molecule is O=C(CCCCl)c1cccn1N1C(=O)c2ccccc2C1=O. The van der Waals surface area contributed by atoms with Gasteiger partial charge in [-0.15, -0.1) is 11.6 Å². The van der Waals surface area contributed by atoms with Crippen molar-refractivity contribution in [2.24, 2.45) is 0 Å². The summed E-state index contributed by atoms with van der Waals surface area (Å²) >= 11 is 5.60. The van der Waals surface area contributed by atoms with Crippen LogP contribution in [-0.4, -0.2) is 28.2 Å². The summed E-state index contributed by atoms with van der Waals surface area (Å²) in [7, 11) is 0. The van der Waals surface area contributed by atoms with Gasteiger partial charge in [-0.25, -0.2) is 4.68 Å². The number of nitrogens with zero attached hydrogens (tertiary/aromatic N) is 2. The third-order valence-corrected chi connectivity index (χ3v) is 3.81. The molecule has 0 fully saturated rings. The van der Waals surface area contributed by atoms with Crippen LogP contribution in [0.1, 0.15) is 44.0 Å². The van der Waals surface area contributed by atoms with Crippen molar-refractivity contribution in [1.29, 1.82) is 0 Å². The van der Waals surface area contributed by atoms with Crippen LogP contribution in [0.25, 0.3) is 0 Å². The van der Waals surface area contributed by atoms with Crippen LogP contribution in [0.3, 0.4) is 0 Å². The van der Waals surface area contributed by atoms with Crippen molar-refractivity contribution < 1.29 is 14.4 Å². The Bertz CT molecular complexity index is 731. The predicted octanol–water partition coefficient (Wildman–Crippen LogP) is 2.62. The third kappa shape index (κ3) is 2.23. The Morgan fingerprint density at radius 2 is 1.64 bits per heavy atom. The molecule has 0 N–H and O–H groups in total. The molecule has 0 bridgehead atoms. The first-order valence-electron chi connectivity index (χ1n) is 6.89. The number of carbonyl (C=O) groups is 3. The van der Waals surface area contributed by atoms with Gasteiger partial charge in [-0.3, -0.25) is 14.4 Å². The number of hydrogen-bond acceptors (Lipinski definition) is 3. The molecule has 0 radical (unpaired) electrons. The lowest BCUT2D eigenvalue weighted by Gasteiger charge is -2.18. The normalized spacial score (nSPS) is 13.6. The Hall–Kier alpha value is -2.40. The van der Waals surface area contributed by atoms with Crippen LogP contribution in [0.15, 0.2) is 42.6 Å². The fourth-order valence-corrected chi connectivity index (χ4v) is 2.63. The lowest BCUT2D eigenvalue weighted by atomic mass is 10.1. The van der Waals surface area contributed by atoms with Gasteiger partial charge in [-0.05, 0) is 30.7 Å². The number of carbonyl (C=O) groups excluding carboxylic acids is 3. The van der Waals surface area contributed by atoms with Gasteiger partial charge in [0, 0.05) is 18.5 Å². The lowest BCUT2D eigenvalue weighted by Crippen LogP contribution is -2.41. The molecular weight excluding hydrogens is 304 g/mol. The standard InChI is InChI=1S/C16H13ClN2O3/c17-9-3-8-14(20)13-7-4-10-18(13)19-15(21)11-5-1-2-6-12(11)16(19)22/h1-2,4-7,10H,3,8-9H2. The number of hydrogen-bond donors (Lipinski definition) is 0. The number of rotatable bonds is 5. The van der Waals surface area contributed by atoms with Crippen molar-refractivity contribution in [3.8, 4) is 0 Å². The summed E-state index contributed by atoms with van der Waals surface area (Å²) in [5, 5.41) is 0.999. The third-order valence-electron chi connectivity index (χ3n) is 3.54. The monoisotopic (exact) mass is 316 g/mol. The Morgan fingerprint density at radius 3 is 2.23 bits per heavy atom. The van der Waals surface area contributed by atoms with Crippen molar-refractivity contribution in [2.45, 2.75) is 12.8 Å². The van der Waals surface area contributed by atoms with Crippen LogP contribution >= 0.6 is 11.6 Å². The van der Waals surface area contributed by atoms with E-state index in [-0.39, 0.29) is 12.2 Å². The first kappa shape index (κ1) is 14.5. The van der Waals surface area contributed by atoms with E-state index in [1.807, 2.05) is 0 Å². The molecule has 6 heteroatoms. The molecule has 1 aliphatic heterocycles. The molecule has 3 rings (SSSR count). The highest BCUT2D eigenvalue weighted by Crippen LogP contribution is 2.23. The van der Waals surface area contributed by atoms with Gasteiger partial charge >= 0.3 is 0 Å². The van der Waals surface area contributed by atoms with Crippen LogP contribution < -0.4 is 5.01 Å². The fourth-order valence-electron chi connectivity index (χ4n) is 2.50. The minimum Gasteiger partial charge on any atom is -0.292 e. The second-order valence-electron chi connectivity index (χ2n) is 4.92. The van der Waals surface area contributed by atoms with Crippen molar-refractivity contribution in [3.63, 3.8) is 0 Å². The summed E-state index contributed by atoms with van der Waals surface area (Å²) in [6.45, 7) is 0. The van der Waals surface area contributed by atoms with Gasteiger partial charge in [-0.2, -0.15) is 5.01 Å². The number of fused-ring (bicyclic) bond motifs is 1. The molecule has 0 atom stereocenters. The summed E-state index contributed by atoms with van der Waals surface area (Å²) in [6, 6.07) is 9.85. The largest absolute Gasteiger partial charge is 0.292 e. The first-order valence-corrected chi connectivity index (χ1v) is 7.43. The molecule has 1 aliphatic rings. The second kappa shape index (κ2) is 5.77. The number of aromatic nitrogens is 1. The van der Waals surface area contributed by atoms with Gasteiger partial charge in [0.25, 0.3) is 11.8 Å². The summed E-state index contributed by atoms with van der Waals surface area (Å²) in [5.74, 6) is -0.618. The maximum atomic E-state index is 12.4. The number of amides is 2. The molecular formula is C16H13ClN2O3. The van der Waals surface area contributed by atoms with Gasteiger partial charge < -0.3 is 0 Å². The smallest absolute Gasteiger partial charge is 0.281 e. The van der Waals surface area contributed by atoms with Crippen molar-refractivity contribution in [2.75, 3.05) is 10.9 Å². The van der Waals surface area contributed by atoms with Crippen LogP contribution in [0.2, 0.25) is 0 Å². The van der Waals surface area contributed by atoms with Gasteiger partial charge in [-0.1, -0.05) is 12.1 Å². The van der Waals surface area contributed by atoms with Crippen molar-refractivity contribution >= 4 is 29.2 Å². The summed E-state index contributed by atoms with van der Waals surface area (Å²) < 4.78 is 1.32. The zero-order chi connectivity index (χ0) is 15.7. The predicted molar refractivity (Wildman–Crippen MR) is 82.0 cm³/mol. The van der Waals surface area contributed by atoms with E-state index in [9.17, 15) is 14.4 Å². The van der Waals surface area contributed by atoms with E-state index in [2.05, 4.69) is 0 Å². The molecule has 0 unspecified atom stereocenters. The molecule has 2 aromatic rings. The van der Waals surface area contributed by atoms with Gasteiger partial charge in [0.15, 0.2) is 5.78 Å². The number of imide groups is 1. The molecule has 5 nitrogen and oxygen atoms in total. The topological polar surface area (TPSA) is 59.4 Å². The van der Waals surface area contributed by atoms with Crippen LogP contribution in [0, 0.1) is 0 Å². The van der Waals surface area contributed by atoms with Gasteiger partial charge in [0.2, 0.25) is 0 Å². The van der Waals surface area contributed by atoms with E-state index < -0.39 is 11.8 Å². The van der Waals surface area contributed by atoms with E-state index in [0.29, 0.717) is 29.1 Å². The van der Waals surface area contributed by atoms with Crippen LogP contribution in [-0.2, 0) is 0 Å². The maximum Gasteiger partial charge on any atom is 0.281 e. The van der Waals surface area contributed by atoms with E-state index in [1.54, 1.807) is 36.4 Å². The number of benzene rings is 1. The fraction of sp³-hybridized carbons (Fsp3) is 0.188. The first-order chi connectivity index (χ1) is 10.6. The Kier molecular flexibility index (Phi) is 3.81. The lowest BCUT2D eigenvalue weighted by molar-refractivity contribution is 0.0882. The molecule has 0 aliphatic carbocycles. The van der Waals surface area contributed by atoms with E-state index in [1.165, 1.54) is 10.9 Å². The quantitative estimate of drug-likeness (QED) is 0.484. The Labute approximate surface area is 132 Å². The van der Waals surface area contributed by atoms with Crippen LogP contribution in [0.4, 0.5) is 0 Å². The number of ketones is 1. The van der Waals surface area contributed by atoms with Gasteiger partial charge in [0.05, 0.1) is 11.1 Å². The molecule has 22 heavy (non-hydrogen) atoms. The minimum atomic E-state index is -0.428. The van der Waals surface area contributed by atoms with E-state index >= 15 is 0 Å². The second-order valence-corrected chi connectivity index (χ2v) is 5.30. The molecule has 1 aromatic heterocycles. The highest BCUT2D eigenvalue weighted by molar-refractivity contribution is 6.30. The highest BCUT2D eigenvalue weighted by atomic mass is 35.5. The van der Waals surface area contributed by atoms with Gasteiger partial charge in [0.1, 0.15) is 5.69 Å². The number of halogens is 1. The van der Waals surface area contributed by atoms with E-state index in [4.69, 9.17) is 11.6 Å². The van der Waals surface area contributed by atoms with Crippen LogP contribution in [0.5, 0.6) is 0 Å². The number of Topliss-reactive ketones (excluding diaryl/α,β-unsaturated/α-hetero) is 1. The average Bonchev–Trinajstić information content (AvgIpc) is 3.10. The summed E-state index contributed by atoms with van der Waals surface area (Å²) in [6.07, 6.45) is 2.36. The number of alkyl halides is 1. The molecule has 1 aromatic carbocycles. The minimum absolute atomic E-state index is 0.151. The summed E-state index contributed by atoms with van der Waals surface area (Å²) in [5.41, 5.74) is 1.00. The highest BCUT2D eigenvalue weighted by Gasteiger charge is 2.37. The van der Waals surface area contributed by atoms with E-state index in [0.717, 1.165) is 5.01 Å². The maximum absolute atomic E-state index is 12.4. The average molecular weight is 317 g/mol. The zero-order valence-corrected chi connectivity index (χ0v) is 12.4. The zero-order valence-electron chi connectivity index (χ0n) is 11.7. The molecule has 0 spiro atoms. The molecule has 0 saturated heterocycles. The Morgan fingerprint density at radius 1 is 1.00 bits per heavy atom. The molecule has 0 saturated carbocycles.